The second kappa shape index (κ2) is 12.0. The van der Waals surface area contributed by atoms with Gasteiger partial charge in [0.2, 0.25) is 0 Å². The number of halogens is 1. The van der Waals surface area contributed by atoms with Crippen molar-refractivity contribution in [1.82, 2.24) is 15.6 Å². The van der Waals surface area contributed by atoms with Crippen LogP contribution in [0.4, 0.5) is 9.18 Å². The van der Waals surface area contributed by atoms with Gasteiger partial charge in [-0.1, -0.05) is 67.6 Å². The van der Waals surface area contributed by atoms with Crippen LogP contribution in [0.2, 0.25) is 0 Å². The fraction of sp³-hybridized carbons (Fsp3) is 0.241. The van der Waals surface area contributed by atoms with Crippen LogP contribution in [-0.4, -0.2) is 30.1 Å². The quantitative estimate of drug-likeness (QED) is 0.238. The first kappa shape index (κ1) is 25.0. The lowest BCUT2D eigenvalue weighted by Crippen LogP contribution is -2.29. The van der Waals surface area contributed by atoms with Gasteiger partial charge in [0.05, 0.1) is 5.52 Å². The largest absolute Gasteiger partial charge is 0.445 e. The first-order chi connectivity index (χ1) is 17.5. The summed E-state index contributed by atoms with van der Waals surface area (Å²) in [6.45, 7) is 3.34. The number of amides is 2. The highest BCUT2D eigenvalue weighted by molar-refractivity contribution is 6.02. The van der Waals surface area contributed by atoms with Crippen LogP contribution in [-0.2, 0) is 11.3 Å². The number of alkyl carbamates (subject to hydrolysis) is 1. The Kier molecular flexibility index (Phi) is 8.34. The number of hydrogen-bond acceptors (Lipinski definition) is 3. The van der Waals surface area contributed by atoms with E-state index in [4.69, 9.17) is 4.74 Å². The van der Waals surface area contributed by atoms with Gasteiger partial charge in [-0.15, -0.1) is 0 Å². The molecule has 4 rings (SSSR count). The maximum Gasteiger partial charge on any atom is 0.407 e. The average Bonchev–Trinajstić information content (AvgIpc) is 3.34. The number of carbonyl (C=O) groups excluding carboxylic acids is 2. The zero-order valence-electron chi connectivity index (χ0n) is 20.2. The SMILES string of the molecule is C[C@@H](CCCNC(=O)OCc1ccccc1)CNC(=O)c1cc2cccc(-c3ccc(F)cc3)c2[nH]1. The number of aromatic nitrogens is 1. The Bertz CT molecular complexity index is 1300. The van der Waals surface area contributed by atoms with Crippen molar-refractivity contribution in [3.8, 4) is 11.1 Å². The molecule has 4 aromatic rings. The molecule has 7 heteroatoms. The number of ether oxygens (including phenoxy) is 1. The number of hydrogen-bond donors (Lipinski definition) is 3. The molecule has 0 bridgehead atoms. The van der Waals surface area contributed by atoms with Crippen molar-refractivity contribution in [2.24, 2.45) is 5.92 Å². The fourth-order valence-corrected chi connectivity index (χ4v) is 4.03. The minimum atomic E-state index is -0.432. The van der Waals surface area contributed by atoms with Crippen LogP contribution in [0, 0.1) is 11.7 Å². The van der Waals surface area contributed by atoms with E-state index in [0.29, 0.717) is 18.8 Å². The van der Waals surface area contributed by atoms with Crippen LogP contribution in [0.15, 0.2) is 78.9 Å². The van der Waals surface area contributed by atoms with Gasteiger partial charge in [-0.2, -0.15) is 0 Å². The van der Waals surface area contributed by atoms with E-state index < -0.39 is 6.09 Å². The molecule has 186 valence electrons. The Hall–Kier alpha value is -4.13. The molecule has 6 nitrogen and oxygen atoms in total. The molecule has 0 saturated heterocycles. The zero-order valence-corrected chi connectivity index (χ0v) is 20.2. The Morgan fingerprint density at radius 1 is 0.972 bits per heavy atom. The Balaban J connectivity index is 1.21. The number of carbonyl (C=O) groups is 2. The minimum absolute atomic E-state index is 0.175. The number of aromatic amines is 1. The lowest BCUT2D eigenvalue weighted by atomic mass is 10.0. The van der Waals surface area contributed by atoms with Gasteiger partial charge in [0.15, 0.2) is 0 Å². The van der Waals surface area contributed by atoms with E-state index in [9.17, 15) is 14.0 Å². The van der Waals surface area contributed by atoms with Gasteiger partial charge < -0.3 is 20.4 Å². The fourth-order valence-electron chi connectivity index (χ4n) is 4.03. The van der Waals surface area contributed by atoms with Crippen molar-refractivity contribution >= 4 is 22.9 Å². The van der Waals surface area contributed by atoms with Gasteiger partial charge in [0.1, 0.15) is 18.1 Å². The first-order valence-corrected chi connectivity index (χ1v) is 12.1. The van der Waals surface area contributed by atoms with E-state index in [0.717, 1.165) is 40.4 Å². The molecule has 0 aliphatic rings. The number of rotatable bonds is 10. The Labute approximate surface area is 209 Å². The predicted molar refractivity (Wildman–Crippen MR) is 139 cm³/mol. The summed E-state index contributed by atoms with van der Waals surface area (Å²) >= 11 is 0. The normalized spacial score (nSPS) is 11.7. The molecule has 0 spiro atoms. The van der Waals surface area contributed by atoms with Crippen LogP contribution in [0.25, 0.3) is 22.0 Å². The summed E-state index contributed by atoms with van der Waals surface area (Å²) in [6.07, 6.45) is 1.20. The average molecular weight is 488 g/mol. The lowest BCUT2D eigenvalue weighted by Gasteiger charge is -2.13. The molecular formula is C29H30FN3O3. The van der Waals surface area contributed by atoms with E-state index in [2.05, 4.69) is 22.5 Å². The molecule has 1 heterocycles. The summed E-state index contributed by atoms with van der Waals surface area (Å²) in [5.74, 6) is -0.216. The second-order valence-electron chi connectivity index (χ2n) is 8.91. The number of H-pyrrole nitrogens is 1. The molecule has 1 aromatic heterocycles. The maximum atomic E-state index is 13.3. The van der Waals surface area contributed by atoms with Gasteiger partial charge in [0, 0.05) is 24.0 Å². The third-order valence-corrected chi connectivity index (χ3v) is 6.02. The highest BCUT2D eigenvalue weighted by atomic mass is 19.1. The minimum Gasteiger partial charge on any atom is -0.445 e. The van der Waals surface area contributed by atoms with E-state index in [-0.39, 0.29) is 24.2 Å². The van der Waals surface area contributed by atoms with Crippen molar-refractivity contribution in [1.29, 1.82) is 0 Å². The molecule has 0 radical (unpaired) electrons. The van der Waals surface area contributed by atoms with Crippen LogP contribution in [0.5, 0.6) is 0 Å². The van der Waals surface area contributed by atoms with E-state index in [1.54, 1.807) is 12.1 Å². The molecule has 0 saturated carbocycles. The number of fused-ring (bicyclic) bond motifs is 1. The van der Waals surface area contributed by atoms with Crippen molar-refractivity contribution < 1.29 is 18.7 Å². The summed E-state index contributed by atoms with van der Waals surface area (Å²) in [4.78, 5) is 27.8. The van der Waals surface area contributed by atoms with E-state index >= 15 is 0 Å². The van der Waals surface area contributed by atoms with Crippen LogP contribution in [0.3, 0.4) is 0 Å². The van der Waals surface area contributed by atoms with Gasteiger partial charge in [-0.3, -0.25) is 4.79 Å². The maximum absolute atomic E-state index is 13.3. The molecule has 1 atom stereocenters. The van der Waals surface area contributed by atoms with Gasteiger partial charge >= 0.3 is 6.09 Å². The Morgan fingerprint density at radius 2 is 1.75 bits per heavy atom. The van der Waals surface area contributed by atoms with Gasteiger partial charge in [0.25, 0.3) is 5.91 Å². The molecule has 0 unspecified atom stereocenters. The van der Waals surface area contributed by atoms with Crippen LogP contribution in [0.1, 0.15) is 35.8 Å². The van der Waals surface area contributed by atoms with Gasteiger partial charge in [-0.25, -0.2) is 9.18 Å². The highest BCUT2D eigenvalue weighted by Gasteiger charge is 2.14. The third kappa shape index (κ3) is 6.72. The topological polar surface area (TPSA) is 83.2 Å². The summed E-state index contributed by atoms with van der Waals surface area (Å²) in [7, 11) is 0. The molecule has 0 aliphatic carbocycles. The predicted octanol–water partition coefficient (Wildman–Crippen LogP) is 6.05. The standard InChI is InChI=1S/C29H30FN3O3/c1-20(7-6-16-31-29(35)36-19-21-8-3-2-4-9-21)18-32-28(34)26-17-23-10-5-11-25(27(23)33-26)22-12-14-24(30)15-13-22/h2-5,8-15,17,20,33H,6-7,16,18-19H2,1H3,(H,31,35)(H,32,34)/t20-/m0/s1. The third-order valence-electron chi connectivity index (χ3n) is 6.02. The smallest absolute Gasteiger partial charge is 0.407 e. The van der Waals surface area contributed by atoms with Crippen molar-refractivity contribution in [3.05, 3.63) is 95.9 Å². The van der Waals surface area contributed by atoms with Crippen molar-refractivity contribution in [2.45, 2.75) is 26.4 Å². The lowest BCUT2D eigenvalue weighted by molar-refractivity contribution is 0.0943. The zero-order chi connectivity index (χ0) is 25.3. The Morgan fingerprint density at radius 3 is 2.53 bits per heavy atom. The molecule has 36 heavy (non-hydrogen) atoms. The molecule has 0 fully saturated rings. The second-order valence-corrected chi connectivity index (χ2v) is 8.91. The van der Waals surface area contributed by atoms with Crippen molar-refractivity contribution in [3.63, 3.8) is 0 Å². The first-order valence-electron chi connectivity index (χ1n) is 12.1. The summed E-state index contributed by atoms with van der Waals surface area (Å²) in [6, 6.07) is 23.5. The number of benzene rings is 3. The number of nitrogens with one attached hydrogen (secondary N) is 3. The molecule has 0 aliphatic heterocycles. The summed E-state index contributed by atoms with van der Waals surface area (Å²) < 4.78 is 18.5. The monoisotopic (exact) mass is 487 g/mol. The van der Waals surface area contributed by atoms with Crippen LogP contribution >= 0.6 is 0 Å². The molecule has 3 aromatic carbocycles. The highest BCUT2D eigenvalue weighted by Crippen LogP contribution is 2.29. The molecule has 2 amide bonds. The molecule has 3 N–H and O–H groups in total. The van der Waals surface area contributed by atoms with Gasteiger partial charge in [-0.05, 0) is 48.1 Å². The van der Waals surface area contributed by atoms with E-state index in [1.165, 1.54) is 12.1 Å². The van der Waals surface area contributed by atoms with Crippen LogP contribution < -0.4 is 10.6 Å². The number of para-hydroxylation sites is 1. The van der Waals surface area contributed by atoms with Crippen molar-refractivity contribution in [2.75, 3.05) is 13.1 Å². The summed E-state index contributed by atoms with van der Waals surface area (Å²) in [5.41, 5.74) is 4.05. The van der Waals surface area contributed by atoms with E-state index in [1.807, 2.05) is 54.6 Å². The molecular weight excluding hydrogens is 457 g/mol. The summed E-state index contributed by atoms with van der Waals surface area (Å²) in [5, 5.41) is 6.66.